The summed E-state index contributed by atoms with van der Waals surface area (Å²) in [5, 5.41) is 1.44. The Kier molecular flexibility index (Phi) is 3.13. The largest absolute Gasteiger partial charge is 0.395 e. The first kappa shape index (κ1) is 12.6. The molecule has 0 aliphatic carbocycles. The van der Waals surface area contributed by atoms with Gasteiger partial charge < -0.3 is 11.5 Å². The number of hydrogen-bond acceptors (Lipinski definition) is 3. The van der Waals surface area contributed by atoms with Crippen molar-refractivity contribution in [2.45, 2.75) is 19.6 Å². The van der Waals surface area contributed by atoms with E-state index >= 15 is 0 Å². The van der Waals surface area contributed by atoms with Crippen molar-refractivity contribution in [3.8, 4) is 11.1 Å². The van der Waals surface area contributed by atoms with E-state index in [-0.39, 0.29) is 0 Å². The highest BCUT2D eigenvalue weighted by molar-refractivity contribution is 6.88. The fourth-order valence-corrected chi connectivity index (χ4v) is 3.06. The van der Waals surface area contributed by atoms with Crippen molar-refractivity contribution in [2.24, 2.45) is 0 Å². The summed E-state index contributed by atoms with van der Waals surface area (Å²) in [6.45, 7) is 7.00. The molecule has 3 nitrogen and oxygen atoms in total. The number of pyridine rings is 1. The first-order valence-corrected chi connectivity index (χ1v) is 9.50. The monoisotopic (exact) mass is 257 g/mol. The predicted molar refractivity (Wildman–Crippen MR) is 81.5 cm³/mol. The van der Waals surface area contributed by atoms with E-state index in [9.17, 15) is 0 Å². The highest BCUT2D eigenvalue weighted by Crippen LogP contribution is 2.28. The molecule has 1 heterocycles. The second-order valence-electron chi connectivity index (χ2n) is 5.48. The van der Waals surface area contributed by atoms with Crippen molar-refractivity contribution < 1.29 is 0 Å². The van der Waals surface area contributed by atoms with Gasteiger partial charge in [-0.25, -0.2) is 4.98 Å². The average Bonchev–Trinajstić information content (AvgIpc) is 2.32. The molecule has 2 rings (SSSR count). The summed E-state index contributed by atoms with van der Waals surface area (Å²) >= 11 is 0. The van der Waals surface area contributed by atoms with E-state index in [1.54, 1.807) is 6.20 Å². The van der Waals surface area contributed by atoms with E-state index in [4.69, 9.17) is 11.5 Å². The number of rotatable bonds is 2. The molecule has 0 atom stereocenters. The van der Waals surface area contributed by atoms with Crippen LogP contribution in [0.1, 0.15) is 0 Å². The van der Waals surface area contributed by atoms with Crippen LogP contribution in [0.3, 0.4) is 0 Å². The molecule has 0 aliphatic rings. The summed E-state index contributed by atoms with van der Waals surface area (Å²) < 4.78 is 0. The van der Waals surface area contributed by atoms with Crippen molar-refractivity contribution >= 4 is 24.8 Å². The molecule has 0 spiro atoms. The van der Waals surface area contributed by atoms with Crippen LogP contribution in [0, 0.1) is 0 Å². The number of nitrogens with zero attached hydrogens (tertiary/aromatic N) is 1. The van der Waals surface area contributed by atoms with Gasteiger partial charge in [0.2, 0.25) is 0 Å². The molecule has 2 aromatic rings. The molecule has 1 aromatic heterocycles. The topological polar surface area (TPSA) is 64.9 Å². The molecule has 4 heteroatoms. The molecule has 0 saturated heterocycles. The van der Waals surface area contributed by atoms with Gasteiger partial charge in [0.05, 0.1) is 13.8 Å². The summed E-state index contributed by atoms with van der Waals surface area (Å²) in [6, 6.07) is 10.5. The number of anilines is 2. The summed E-state index contributed by atoms with van der Waals surface area (Å²) in [4.78, 5) is 3.98. The number of nitrogen functional groups attached to an aromatic ring is 2. The SMILES string of the molecule is C[Si](C)(C)c1ccc(-c2ccnc(N)c2N)cc1. The minimum atomic E-state index is -1.25. The van der Waals surface area contributed by atoms with Gasteiger partial charge >= 0.3 is 0 Å². The van der Waals surface area contributed by atoms with Crippen LogP contribution in [0.25, 0.3) is 11.1 Å². The fourth-order valence-electron chi connectivity index (χ4n) is 1.89. The van der Waals surface area contributed by atoms with Gasteiger partial charge in [0.15, 0.2) is 0 Å². The van der Waals surface area contributed by atoms with Gasteiger partial charge in [0.1, 0.15) is 5.82 Å². The van der Waals surface area contributed by atoms with Gasteiger partial charge in [-0.3, -0.25) is 0 Å². The maximum absolute atomic E-state index is 5.96. The van der Waals surface area contributed by atoms with E-state index in [1.807, 2.05) is 6.07 Å². The number of hydrogen-bond donors (Lipinski definition) is 2. The smallest absolute Gasteiger partial charge is 0.147 e. The minimum Gasteiger partial charge on any atom is -0.395 e. The van der Waals surface area contributed by atoms with E-state index in [0.29, 0.717) is 11.5 Å². The zero-order valence-corrected chi connectivity index (χ0v) is 12.1. The van der Waals surface area contributed by atoms with E-state index in [1.165, 1.54) is 5.19 Å². The van der Waals surface area contributed by atoms with Gasteiger partial charge in [-0.15, -0.1) is 0 Å². The zero-order chi connectivity index (χ0) is 13.3. The highest BCUT2D eigenvalue weighted by Gasteiger charge is 2.16. The lowest BCUT2D eigenvalue weighted by molar-refractivity contribution is 1.34. The Morgan fingerprint density at radius 1 is 0.944 bits per heavy atom. The predicted octanol–water partition coefficient (Wildman–Crippen LogP) is 2.46. The van der Waals surface area contributed by atoms with Gasteiger partial charge in [0, 0.05) is 11.8 Å². The Balaban J connectivity index is 2.44. The lowest BCUT2D eigenvalue weighted by atomic mass is 10.1. The Bertz CT molecular complexity index is 556. The maximum Gasteiger partial charge on any atom is 0.147 e. The summed E-state index contributed by atoms with van der Waals surface area (Å²) in [7, 11) is -1.25. The molecule has 0 aliphatic heterocycles. The molecule has 0 radical (unpaired) electrons. The molecule has 0 saturated carbocycles. The normalized spacial score (nSPS) is 11.5. The molecule has 94 valence electrons. The van der Waals surface area contributed by atoms with Crippen molar-refractivity contribution in [1.82, 2.24) is 4.98 Å². The summed E-state index contributed by atoms with van der Waals surface area (Å²) in [5.74, 6) is 0.391. The van der Waals surface area contributed by atoms with E-state index in [0.717, 1.165) is 11.1 Å². The second-order valence-corrected chi connectivity index (χ2v) is 10.6. The van der Waals surface area contributed by atoms with Crippen molar-refractivity contribution in [2.75, 3.05) is 11.5 Å². The standard InChI is InChI=1S/C14H19N3Si/c1-18(2,3)11-6-4-10(5-7-11)12-8-9-17-14(16)13(12)15/h4-9H,15H2,1-3H3,(H2,16,17). The fraction of sp³-hybridized carbons (Fsp3) is 0.214. The summed E-state index contributed by atoms with van der Waals surface area (Å²) in [5.41, 5.74) is 14.3. The van der Waals surface area contributed by atoms with Crippen LogP contribution in [0.2, 0.25) is 19.6 Å². The first-order valence-electron chi connectivity index (χ1n) is 6.00. The highest BCUT2D eigenvalue weighted by atomic mass is 28.3. The van der Waals surface area contributed by atoms with Gasteiger partial charge in [-0.05, 0) is 11.6 Å². The molecule has 0 fully saturated rings. The van der Waals surface area contributed by atoms with Crippen LogP contribution >= 0.6 is 0 Å². The number of aromatic nitrogens is 1. The summed E-state index contributed by atoms with van der Waals surface area (Å²) in [6.07, 6.45) is 1.69. The van der Waals surface area contributed by atoms with Gasteiger partial charge in [0.25, 0.3) is 0 Å². The Morgan fingerprint density at radius 2 is 1.56 bits per heavy atom. The maximum atomic E-state index is 5.96. The van der Waals surface area contributed by atoms with Crippen LogP contribution in [0.5, 0.6) is 0 Å². The molecule has 0 bridgehead atoms. The molecule has 0 amide bonds. The van der Waals surface area contributed by atoms with Crippen LogP contribution in [0.4, 0.5) is 11.5 Å². The lowest BCUT2D eigenvalue weighted by Crippen LogP contribution is -2.37. The van der Waals surface area contributed by atoms with Crippen molar-refractivity contribution in [3.05, 3.63) is 36.5 Å². The van der Waals surface area contributed by atoms with Crippen molar-refractivity contribution in [1.29, 1.82) is 0 Å². The first-order chi connectivity index (χ1) is 8.39. The second kappa shape index (κ2) is 4.46. The van der Waals surface area contributed by atoms with Crippen LogP contribution < -0.4 is 16.7 Å². The Labute approximate surface area is 109 Å². The molecule has 18 heavy (non-hydrogen) atoms. The van der Waals surface area contributed by atoms with Crippen LogP contribution in [-0.4, -0.2) is 13.1 Å². The van der Waals surface area contributed by atoms with Gasteiger partial charge in [-0.2, -0.15) is 0 Å². The third-order valence-corrected chi connectivity index (χ3v) is 5.15. The molecular weight excluding hydrogens is 238 g/mol. The van der Waals surface area contributed by atoms with Gasteiger partial charge in [-0.1, -0.05) is 49.1 Å². The molecular formula is C14H19N3Si. The molecule has 0 unspecified atom stereocenters. The Hall–Kier alpha value is -1.81. The number of benzene rings is 1. The van der Waals surface area contributed by atoms with Crippen LogP contribution in [0.15, 0.2) is 36.5 Å². The average molecular weight is 257 g/mol. The molecule has 1 aromatic carbocycles. The molecule has 4 N–H and O–H groups in total. The van der Waals surface area contributed by atoms with E-state index < -0.39 is 8.07 Å². The van der Waals surface area contributed by atoms with Crippen molar-refractivity contribution in [3.63, 3.8) is 0 Å². The quantitative estimate of drug-likeness (QED) is 0.812. The lowest BCUT2D eigenvalue weighted by Gasteiger charge is -2.17. The minimum absolute atomic E-state index is 0.391. The van der Waals surface area contributed by atoms with Crippen LogP contribution in [-0.2, 0) is 0 Å². The van der Waals surface area contributed by atoms with E-state index in [2.05, 4.69) is 48.9 Å². The Morgan fingerprint density at radius 3 is 2.11 bits per heavy atom. The third kappa shape index (κ3) is 2.38. The number of nitrogens with two attached hydrogens (primary N) is 2. The third-order valence-electron chi connectivity index (χ3n) is 3.08. The zero-order valence-electron chi connectivity index (χ0n) is 11.1.